The van der Waals surface area contributed by atoms with E-state index in [1.165, 1.54) is 18.2 Å². The van der Waals surface area contributed by atoms with Crippen molar-refractivity contribution in [3.8, 4) is 5.69 Å². The van der Waals surface area contributed by atoms with E-state index in [4.69, 9.17) is 11.6 Å². The third-order valence-corrected chi connectivity index (χ3v) is 8.15. The fourth-order valence-corrected chi connectivity index (χ4v) is 5.63. The lowest BCUT2D eigenvalue weighted by Crippen LogP contribution is -2.37. The molecule has 200 valence electrons. The van der Waals surface area contributed by atoms with Gasteiger partial charge >= 0.3 is 12.3 Å². The molecule has 0 bridgehead atoms. The van der Waals surface area contributed by atoms with E-state index >= 15 is 0 Å². The van der Waals surface area contributed by atoms with Crippen molar-refractivity contribution in [3.63, 3.8) is 0 Å². The van der Waals surface area contributed by atoms with Gasteiger partial charge in [-0.15, -0.1) is 0 Å². The van der Waals surface area contributed by atoms with E-state index < -0.39 is 32.9 Å². The number of fused-ring (bicyclic) bond motifs is 1. The number of aromatic nitrogens is 2. The van der Waals surface area contributed by atoms with Crippen LogP contribution in [0.15, 0.2) is 65.6 Å². The van der Waals surface area contributed by atoms with Gasteiger partial charge < -0.3 is 5.11 Å². The SMILES string of the molecule is CCc1nc2cc(C(F)(F)F)c(Cl)cc2n1-c1ccc(CCN(C(=O)O)S(=O)(=O)c2ccc(C)cc2)cc1. The van der Waals surface area contributed by atoms with Gasteiger partial charge in [0.2, 0.25) is 0 Å². The molecule has 0 aliphatic carbocycles. The van der Waals surface area contributed by atoms with Crippen LogP contribution in [-0.4, -0.2) is 40.0 Å². The molecular formula is C26H23ClF3N3O4S. The standard InChI is InChI=1S/C26H23ClF3N3O4S/c1-3-24-31-22-14-20(26(28,29)30)21(27)15-23(22)33(24)18-8-6-17(7-9-18)12-13-32(25(34)35)38(36,37)19-10-4-16(2)5-11-19/h4-11,14-15H,3,12-13H2,1-2H3,(H,34,35). The number of carboxylic acid groups (broad SMARTS) is 1. The number of halogens is 4. The van der Waals surface area contributed by atoms with Crippen LogP contribution in [0, 0.1) is 6.92 Å². The molecule has 0 atom stereocenters. The molecule has 0 radical (unpaired) electrons. The largest absolute Gasteiger partial charge is 0.464 e. The Morgan fingerprint density at radius 2 is 1.71 bits per heavy atom. The molecule has 1 N–H and O–H groups in total. The number of imidazole rings is 1. The summed E-state index contributed by atoms with van der Waals surface area (Å²) in [7, 11) is -4.25. The summed E-state index contributed by atoms with van der Waals surface area (Å²) in [6, 6.07) is 14.9. The lowest BCUT2D eigenvalue weighted by atomic mass is 10.1. The summed E-state index contributed by atoms with van der Waals surface area (Å²) in [5.74, 6) is 0.532. The molecule has 38 heavy (non-hydrogen) atoms. The van der Waals surface area contributed by atoms with Crippen LogP contribution in [0.25, 0.3) is 16.7 Å². The van der Waals surface area contributed by atoms with Gasteiger partial charge in [0.25, 0.3) is 10.0 Å². The maximum absolute atomic E-state index is 13.3. The van der Waals surface area contributed by atoms with Crippen LogP contribution >= 0.6 is 11.6 Å². The Labute approximate surface area is 222 Å². The summed E-state index contributed by atoms with van der Waals surface area (Å²) < 4.78 is 67.8. The quantitative estimate of drug-likeness (QED) is 0.277. The van der Waals surface area contributed by atoms with E-state index in [1.807, 2.05) is 6.92 Å². The molecule has 12 heteroatoms. The Morgan fingerprint density at radius 1 is 1.08 bits per heavy atom. The van der Waals surface area contributed by atoms with Crippen LogP contribution in [0.5, 0.6) is 0 Å². The second-order valence-electron chi connectivity index (χ2n) is 8.62. The van der Waals surface area contributed by atoms with E-state index in [1.54, 1.807) is 47.9 Å². The van der Waals surface area contributed by atoms with E-state index in [-0.39, 0.29) is 23.4 Å². The molecule has 0 unspecified atom stereocenters. The van der Waals surface area contributed by atoms with Gasteiger partial charge in [0, 0.05) is 18.7 Å². The van der Waals surface area contributed by atoms with Gasteiger partial charge in [-0.1, -0.05) is 48.4 Å². The minimum absolute atomic E-state index is 0.115. The minimum Gasteiger partial charge on any atom is -0.464 e. The highest BCUT2D eigenvalue weighted by molar-refractivity contribution is 7.89. The molecular weight excluding hydrogens is 543 g/mol. The number of sulfonamides is 1. The molecule has 0 saturated heterocycles. The highest BCUT2D eigenvalue weighted by Gasteiger charge is 2.34. The number of rotatable bonds is 7. The van der Waals surface area contributed by atoms with Crippen molar-refractivity contribution in [1.82, 2.24) is 13.9 Å². The summed E-state index contributed by atoms with van der Waals surface area (Å²) in [4.78, 5) is 16.0. The van der Waals surface area contributed by atoms with Crippen LogP contribution in [0.1, 0.15) is 29.4 Å². The molecule has 0 aliphatic rings. The predicted molar refractivity (Wildman–Crippen MR) is 137 cm³/mol. The maximum atomic E-state index is 13.3. The number of hydrogen-bond donors (Lipinski definition) is 1. The maximum Gasteiger partial charge on any atom is 0.421 e. The van der Waals surface area contributed by atoms with E-state index in [0.29, 0.717) is 33.3 Å². The molecule has 7 nitrogen and oxygen atoms in total. The number of benzene rings is 3. The summed E-state index contributed by atoms with van der Waals surface area (Å²) in [5.41, 5.74) is 1.73. The van der Waals surface area contributed by atoms with Gasteiger partial charge in [-0.3, -0.25) is 4.57 Å². The van der Waals surface area contributed by atoms with Crippen LogP contribution in [0.4, 0.5) is 18.0 Å². The smallest absolute Gasteiger partial charge is 0.421 e. The van der Waals surface area contributed by atoms with Crippen molar-refractivity contribution in [3.05, 3.63) is 88.2 Å². The molecule has 4 rings (SSSR count). The lowest BCUT2D eigenvalue weighted by Gasteiger charge is -2.19. The van der Waals surface area contributed by atoms with E-state index in [0.717, 1.165) is 11.6 Å². The van der Waals surface area contributed by atoms with Crippen molar-refractivity contribution < 1.29 is 31.5 Å². The van der Waals surface area contributed by atoms with Crippen molar-refractivity contribution in [1.29, 1.82) is 0 Å². The van der Waals surface area contributed by atoms with E-state index in [9.17, 15) is 31.5 Å². The van der Waals surface area contributed by atoms with Crippen molar-refractivity contribution in [2.75, 3.05) is 6.54 Å². The second-order valence-corrected chi connectivity index (χ2v) is 10.9. The highest BCUT2D eigenvalue weighted by Crippen LogP contribution is 2.38. The minimum atomic E-state index is -4.61. The fourth-order valence-electron chi connectivity index (χ4n) is 4.09. The molecule has 3 aromatic carbocycles. The number of nitrogens with zero attached hydrogens (tertiary/aromatic N) is 3. The number of carbonyl (C=O) groups is 1. The Hall–Kier alpha value is -3.57. The predicted octanol–water partition coefficient (Wildman–Crippen LogP) is 6.48. The monoisotopic (exact) mass is 565 g/mol. The Bertz CT molecular complexity index is 1600. The average Bonchev–Trinajstić information content (AvgIpc) is 3.21. The Kier molecular flexibility index (Phi) is 7.44. The Balaban J connectivity index is 1.61. The zero-order valence-corrected chi connectivity index (χ0v) is 21.9. The summed E-state index contributed by atoms with van der Waals surface area (Å²) in [5, 5.41) is 9.14. The van der Waals surface area contributed by atoms with Crippen LogP contribution in [0.2, 0.25) is 5.02 Å². The van der Waals surface area contributed by atoms with E-state index in [2.05, 4.69) is 4.98 Å². The van der Waals surface area contributed by atoms with Gasteiger partial charge in [-0.05, 0) is 55.3 Å². The molecule has 4 aromatic rings. The molecule has 1 heterocycles. The van der Waals surface area contributed by atoms with Gasteiger partial charge in [-0.25, -0.2) is 22.5 Å². The average molecular weight is 566 g/mol. The first-order valence-corrected chi connectivity index (χ1v) is 13.3. The van der Waals surface area contributed by atoms with Crippen molar-refractivity contribution in [2.24, 2.45) is 0 Å². The number of hydrogen-bond acceptors (Lipinski definition) is 4. The van der Waals surface area contributed by atoms with Gasteiger partial charge in [0.15, 0.2) is 0 Å². The Morgan fingerprint density at radius 3 is 2.26 bits per heavy atom. The zero-order chi connectivity index (χ0) is 27.8. The van der Waals surface area contributed by atoms with Crippen LogP contribution in [0.3, 0.4) is 0 Å². The van der Waals surface area contributed by atoms with Gasteiger partial charge in [0.05, 0.1) is 26.5 Å². The molecule has 0 aliphatic heterocycles. The zero-order valence-electron chi connectivity index (χ0n) is 20.3. The summed E-state index contributed by atoms with van der Waals surface area (Å²) in [6.07, 6.45) is -5.64. The molecule has 1 amide bonds. The third-order valence-electron chi connectivity index (χ3n) is 6.05. The number of aryl methyl sites for hydroxylation is 2. The van der Waals surface area contributed by atoms with Crippen molar-refractivity contribution >= 4 is 38.8 Å². The molecule has 0 saturated carbocycles. The molecule has 0 fully saturated rings. The topological polar surface area (TPSA) is 92.5 Å². The van der Waals surface area contributed by atoms with Crippen molar-refractivity contribution in [2.45, 2.75) is 37.8 Å². The fraction of sp³-hybridized carbons (Fsp3) is 0.231. The number of alkyl halides is 3. The third kappa shape index (κ3) is 5.34. The second kappa shape index (κ2) is 10.3. The highest BCUT2D eigenvalue weighted by atomic mass is 35.5. The lowest BCUT2D eigenvalue weighted by molar-refractivity contribution is -0.137. The van der Waals surface area contributed by atoms with Crippen LogP contribution in [-0.2, 0) is 29.0 Å². The van der Waals surface area contributed by atoms with Crippen LogP contribution < -0.4 is 0 Å². The summed E-state index contributed by atoms with van der Waals surface area (Å²) >= 11 is 5.95. The first-order valence-electron chi connectivity index (χ1n) is 11.5. The first kappa shape index (κ1) is 27.5. The number of amides is 1. The van der Waals surface area contributed by atoms with Gasteiger partial charge in [-0.2, -0.15) is 13.2 Å². The normalized spacial score (nSPS) is 12.2. The molecule has 1 aromatic heterocycles. The first-order chi connectivity index (χ1) is 17.8. The van der Waals surface area contributed by atoms with Gasteiger partial charge in [0.1, 0.15) is 5.82 Å². The summed E-state index contributed by atoms with van der Waals surface area (Å²) in [6.45, 7) is 3.32. The molecule has 0 spiro atoms.